The summed E-state index contributed by atoms with van der Waals surface area (Å²) in [5.41, 5.74) is 5.37. The first-order valence-corrected chi connectivity index (χ1v) is 33.4. The van der Waals surface area contributed by atoms with Crippen molar-refractivity contribution in [1.82, 2.24) is 0 Å². The minimum Gasteiger partial charge on any atom is -0.466 e. The molecule has 14 aliphatic rings. The van der Waals surface area contributed by atoms with E-state index in [0.29, 0.717) is 174 Å². The first kappa shape index (κ1) is 59.6. The lowest BCUT2D eigenvalue weighted by Crippen LogP contribution is -2.54. The number of carbonyl (C=O) groups is 6. The molecule has 25 atom stereocenters. The molecule has 12 unspecified atom stereocenters. The molecule has 0 aromatic rings. The van der Waals surface area contributed by atoms with Crippen molar-refractivity contribution < 1.29 is 52.5 Å². The zero-order valence-corrected chi connectivity index (χ0v) is 52.7. The quantitative estimate of drug-likeness (QED) is 0.123. The minimum absolute atomic E-state index is 0.152. The highest BCUT2D eigenvalue weighted by atomic mass is 16.6. The van der Waals surface area contributed by atoms with Crippen molar-refractivity contribution in [1.29, 1.82) is 0 Å². The number of carbonyl (C=O) groups excluding carboxylic acids is 6. The fourth-order valence-electron chi connectivity index (χ4n) is 23.6. The fraction of sp³-hybridized carbons (Fsp3) is 0.806. The van der Waals surface area contributed by atoms with Gasteiger partial charge in [-0.15, -0.1) is 0 Å². The van der Waals surface area contributed by atoms with E-state index >= 15 is 0 Å². The number of esters is 3. The summed E-state index contributed by atoms with van der Waals surface area (Å²) in [6, 6.07) is 0. The van der Waals surface area contributed by atoms with Crippen LogP contribution in [0.4, 0.5) is 0 Å². The Balaban J connectivity index is 0.000000123. The van der Waals surface area contributed by atoms with Gasteiger partial charge >= 0.3 is 17.9 Å². The average Bonchev–Trinajstić information content (AvgIpc) is 2.00. The van der Waals surface area contributed by atoms with E-state index in [1.807, 2.05) is 18.2 Å². The molecule has 0 N–H and O–H groups in total. The molecule has 11 heteroatoms. The number of allylic oxidation sites excluding steroid dienone is 4. The van der Waals surface area contributed by atoms with E-state index in [2.05, 4.69) is 74.5 Å². The van der Waals surface area contributed by atoms with Crippen molar-refractivity contribution in [3.05, 3.63) is 47.1 Å². The second-order valence-electron chi connectivity index (χ2n) is 31.7. The van der Waals surface area contributed by atoms with Gasteiger partial charge in [-0.3, -0.25) is 28.8 Å². The predicted molar refractivity (Wildman–Crippen MR) is 317 cm³/mol. The lowest BCUT2D eigenvalue weighted by Gasteiger charge is -2.57. The van der Waals surface area contributed by atoms with Crippen LogP contribution in [0.5, 0.6) is 0 Å². The van der Waals surface area contributed by atoms with E-state index in [9.17, 15) is 28.8 Å². The molecule has 12 aliphatic carbocycles. The molecule has 2 heterocycles. The Morgan fingerprint density at radius 1 is 0.470 bits per heavy atom. The molecule has 0 amide bonds. The smallest absolute Gasteiger partial charge is 0.302 e. The van der Waals surface area contributed by atoms with E-state index in [1.165, 1.54) is 115 Å². The first-order chi connectivity index (χ1) is 39.3. The molecule has 456 valence electrons. The minimum atomic E-state index is -0.171. The molecular formula is C72H102O11. The highest BCUT2D eigenvalue weighted by Crippen LogP contribution is 2.73. The highest BCUT2D eigenvalue weighted by molar-refractivity contribution is 5.93. The van der Waals surface area contributed by atoms with Gasteiger partial charge in [0, 0.05) is 40.0 Å². The number of hydrogen-bond donors (Lipinski definition) is 0. The Bertz CT molecular complexity index is 2650. The Kier molecular flexibility index (Phi) is 15.5. The molecule has 0 aromatic carbocycles. The molecule has 2 saturated heterocycles. The summed E-state index contributed by atoms with van der Waals surface area (Å²) >= 11 is 0. The van der Waals surface area contributed by atoms with E-state index in [-0.39, 0.29) is 46.4 Å². The third-order valence-electron chi connectivity index (χ3n) is 27.9. The van der Waals surface area contributed by atoms with Crippen LogP contribution in [-0.2, 0) is 52.5 Å². The van der Waals surface area contributed by atoms with Crippen LogP contribution in [0.1, 0.15) is 199 Å². The highest BCUT2D eigenvalue weighted by Gasteiger charge is 2.71. The van der Waals surface area contributed by atoms with E-state index in [0.717, 1.165) is 19.3 Å². The molecule has 10 fully saturated rings. The van der Waals surface area contributed by atoms with Crippen LogP contribution in [0, 0.1) is 121 Å². The fourth-order valence-corrected chi connectivity index (χ4v) is 23.6. The van der Waals surface area contributed by atoms with Gasteiger partial charge in [-0.05, 0) is 253 Å². The largest absolute Gasteiger partial charge is 0.466 e. The maximum absolute atomic E-state index is 12.1. The summed E-state index contributed by atoms with van der Waals surface area (Å²) in [6.45, 7) is 27.7. The number of hydrogen-bond acceptors (Lipinski definition) is 11. The normalized spacial score (nSPS) is 48.0. The number of epoxide rings is 2. The van der Waals surface area contributed by atoms with Crippen LogP contribution >= 0.6 is 0 Å². The Hall–Kier alpha value is -3.70. The summed E-state index contributed by atoms with van der Waals surface area (Å²) in [7, 11) is 0. The molecule has 8 saturated carbocycles. The SMILES string of the molecule is CC(=O)OC[C@@H](C)C1CCC2C3C(CC[C@@]21C)[C@@]1(C)CCC(=O)C=C1[C@@H]1O[C@H]31.CC(=O)OC[C@@H](C)C1CCC2C3C(CC[C@@]21C)[C@@]1(C)CCC(=O)C=C1[C@H]1O[C@@H]31.CC(=O)OC[C@@H](C)C1CCC2C3C=CC4=CC(=O)CC[C@]4(C)C3CC[C@@]21C. The van der Waals surface area contributed by atoms with Gasteiger partial charge < -0.3 is 23.7 Å². The zero-order valence-electron chi connectivity index (χ0n) is 52.7. The predicted octanol–water partition coefficient (Wildman–Crippen LogP) is 13.8. The third kappa shape index (κ3) is 9.83. The Labute approximate surface area is 496 Å². The van der Waals surface area contributed by atoms with Gasteiger partial charge in [0.2, 0.25) is 0 Å². The second-order valence-corrected chi connectivity index (χ2v) is 31.7. The van der Waals surface area contributed by atoms with Gasteiger partial charge in [0.15, 0.2) is 17.3 Å². The average molecular weight is 1140 g/mol. The van der Waals surface area contributed by atoms with Crippen molar-refractivity contribution in [2.45, 2.75) is 223 Å². The van der Waals surface area contributed by atoms with Crippen molar-refractivity contribution in [3.8, 4) is 0 Å². The van der Waals surface area contributed by atoms with E-state index in [4.69, 9.17) is 23.7 Å². The number of ketones is 3. The second kappa shape index (κ2) is 21.6. The standard InChI is InChI=1S/2C24H34O4.C24H34O3/c2*1-13(12-27-14(2)25)16-5-6-17-20-18(8-10-23(16,17)3)24(4)9-7-15(26)11-19(24)21-22(20)28-21;1-15(14-27-16(2)25)20-7-8-21-19-6-5-17-13-18(26)9-11-23(17,3)22(19)10-12-24(20,21)4/h2*11,13,16-18,20-22H,5-10,12H2,1-4H3;5-6,13,15,19-22H,7-12,14H2,1-4H3/t13-,16?,17?,18?,20?,21+,22-,23-,24-;13-,16?,17?,18?,20?,21-,22+,23-,24-;15-,19?,20?,21?,22?,23+,24-/m111/s1. The molecule has 11 nitrogen and oxygen atoms in total. The number of fused-ring (bicyclic) bond motifs is 21. The Morgan fingerprint density at radius 3 is 1.24 bits per heavy atom. The van der Waals surface area contributed by atoms with Crippen molar-refractivity contribution >= 4 is 35.3 Å². The van der Waals surface area contributed by atoms with Gasteiger partial charge in [-0.2, -0.15) is 0 Å². The lowest BCUT2D eigenvalue weighted by atomic mass is 9.46. The van der Waals surface area contributed by atoms with Crippen molar-refractivity contribution in [2.24, 2.45) is 121 Å². The summed E-state index contributed by atoms with van der Waals surface area (Å²) < 4.78 is 28.6. The lowest BCUT2D eigenvalue weighted by molar-refractivity contribution is -0.144. The maximum Gasteiger partial charge on any atom is 0.302 e. The zero-order chi connectivity index (χ0) is 59.1. The number of rotatable bonds is 9. The Morgan fingerprint density at radius 2 is 0.831 bits per heavy atom. The molecular weight excluding hydrogens is 1040 g/mol. The van der Waals surface area contributed by atoms with Crippen LogP contribution in [-0.4, -0.2) is 79.5 Å². The summed E-state index contributed by atoms with van der Waals surface area (Å²) in [5, 5.41) is 0. The van der Waals surface area contributed by atoms with Gasteiger partial charge in [0.1, 0.15) is 12.2 Å². The monoisotopic (exact) mass is 1140 g/mol. The summed E-state index contributed by atoms with van der Waals surface area (Å²) in [5.74, 6) is 9.45. The van der Waals surface area contributed by atoms with Crippen LogP contribution in [0.3, 0.4) is 0 Å². The first-order valence-electron chi connectivity index (χ1n) is 33.4. The van der Waals surface area contributed by atoms with Gasteiger partial charge in [0.25, 0.3) is 0 Å². The summed E-state index contributed by atoms with van der Waals surface area (Å²) in [6.07, 6.45) is 31.8. The topological polar surface area (TPSA) is 155 Å². The van der Waals surface area contributed by atoms with E-state index < -0.39 is 0 Å². The van der Waals surface area contributed by atoms with Gasteiger partial charge in [0.05, 0.1) is 32.0 Å². The van der Waals surface area contributed by atoms with Crippen molar-refractivity contribution in [3.63, 3.8) is 0 Å². The van der Waals surface area contributed by atoms with Crippen molar-refractivity contribution in [2.75, 3.05) is 19.8 Å². The van der Waals surface area contributed by atoms with Crippen LogP contribution in [0.2, 0.25) is 0 Å². The van der Waals surface area contributed by atoms with Gasteiger partial charge in [-0.1, -0.05) is 74.5 Å². The molecule has 0 aromatic heterocycles. The molecule has 0 spiro atoms. The number of ether oxygens (including phenoxy) is 5. The maximum atomic E-state index is 12.1. The van der Waals surface area contributed by atoms with Crippen LogP contribution < -0.4 is 0 Å². The molecule has 83 heavy (non-hydrogen) atoms. The molecule has 0 radical (unpaired) electrons. The van der Waals surface area contributed by atoms with Crippen LogP contribution in [0.15, 0.2) is 47.1 Å². The van der Waals surface area contributed by atoms with Gasteiger partial charge in [-0.25, -0.2) is 0 Å². The molecule has 0 bridgehead atoms. The molecule has 14 rings (SSSR count). The molecule has 2 aliphatic heterocycles. The van der Waals surface area contributed by atoms with Crippen LogP contribution in [0.25, 0.3) is 0 Å². The third-order valence-corrected chi connectivity index (χ3v) is 27.9. The summed E-state index contributed by atoms with van der Waals surface area (Å²) in [4.78, 5) is 69.9. The van der Waals surface area contributed by atoms with E-state index in [1.54, 1.807) is 0 Å².